The molecule has 162 valence electrons. The van der Waals surface area contributed by atoms with E-state index in [1.54, 1.807) is 6.92 Å². The molecule has 1 heterocycles. The molecular weight excluding hydrogens is 472 g/mol. The maximum absolute atomic E-state index is 13.1. The number of sulfonamides is 1. The Kier molecular flexibility index (Phi) is 7.87. The van der Waals surface area contributed by atoms with E-state index in [9.17, 15) is 13.2 Å². The average molecular weight is 497 g/mol. The summed E-state index contributed by atoms with van der Waals surface area (Å²) in [5.74, 6) is 0.350. The van der Waals surface area contributed by atoms with Gasteiger partial charge in [0.2, 0.25) is 10.0 Å². The van der Waals surface area contributed by atoms with Gasteiger partial charge in [-0.05, 0) is 53.2 Å². The number of hydrogen-bond acceptors (Lipinski definition) is 6. The molecule has 1 fully saturated rings. The van der Waals surface area contributed by atoms with Crippen LogP contribution in [0.2, 0.25) is 0 Å². The summed E-state index contributed by atoms with van der Waals surface area (Å²) < 4.78 is 38.6. The van der Waals surface area contributed by atoms with E-state index in [0.29, 0.717) is 42.8 Å². The number of hydrogen-bond donors (Lipinski definition) is 0. The zero-order valence-electron chi connectivity index (χ0n) is 16.8. The molecule has 2 aromatic carbocycles. The van der Waals surface area contributed by atoms with Crippen molar-refractivity contribution in [2.75, 3.05) is 45.9 Å². The average Bonchev–Trinajstić information content (AvgIpc) is 2.75. The number of benzene rings is 2. The molecule has 0 amide bonds. The standard InChI is InChI=1S/C21H25BrN2O5S/c1-2-28-21(25)17-8-9-20(19(22)16-17)30(26,27)24-12-10-23(11-13-24)14-15-29-18-6-4-3-5-7-18/h3-9,16H,2,10-15H2,1H3. The van der Waals surface area contributed by atoms with Gasteiger partial charge >= 0.3 is 5.97 Å². The van der Waals surface area contributed by atoms with Crippen molar-refractivity contribution in [3.8, 4) is 5.75 Å². The number of carbonyl (C=O) groups excluding carboxylic acids is 1. The number of nitrogens with zero attached hydrogens (tertiary/aromatic N) is 2. The summed E-state index contributed by atoms with van der Waals surface area (Å²) in [4.78, 5) is 14.2. The van der Waals surface area contributed by atoms with Crippen molar-refractivity contribution in [2.45, 2.75) is 11.8 Å². The van der Waals surface area contributed by atoms with E-state index in [4.69, 9.17) is 9.47 Å². The molecule has 0 saturated carbocycles. The zero-order valence-corrected chi connectivity index (χ0v) is 19.2. The van der Waals surface area contributed by atoms with Gasteiger partial charge in [0.05, 0.1) is 17.1 Å². The molecule has 3 rings (SSSR count). The first-order valence-electron chi connectivity index (χ1n) is 9.79. The van der Waals surface area contributed by atoms with Crippen LogP contribution in [-0.2, 0) is 14.8 Å². The summed E-state index contributed by atoms with van der Waals surface area (Å²) in [5.41, 5.74) is 0.311. The van der Waals surface area contributed by atoms with Crippen molar-refractivity contribution in [3.63, 3.8) is 0 Å². The fourth-order valence-corrected chi connectivity index (χ4v) is 5.65. The molecule has 1 saturated heterocycles. The largest absolute Gasteiger partial charge is 0.492 e. The van der Waals surface area contributed by atoms with Gasteiger partial charge in [-0.2, -0.15) is 4.31 Å². The third-order valence-corrected chi connectivity index (χ3v) is 7.69. The van der Waals surface area contributed by atoms with E-state index in [1.165, 1.54) is 22.5 Å². The summed E-state index contributed by atoms with van der Waals surface area (Å²) >= 11 is 3.30. The Balaban J connectivity index is 1.56. The molecule has 1 aliphatic rings. The van der Waals surface area contributed by atoms with Gasteiger partial charge in [0, 0.05) is 37.2 Å². The Labute approximate surface area is 185 Å². The van der Waals surface area contributed by atoms with E-state index < -0.39 is 16.0 Å². The Bertz CT molecular complexity index is 961. The third-order valence-electron chi connectivity index (χ3n) is 4.81. The molecule has 0 bridgehead atoms. The van der Waals surface area contributed by atoms with Gasteiger partial charge in [-0.15, -0.1) is 0 Å². The minimum Gasteiger partial charge on any atom is -0.492 e. The molecule has 1 aliphatic heterocycles. The van der Waals surface area contributed by atoms with Gasteiger partial charge in [0.15, 0.2) is 0 Å². The summed E-state index contributed by atoms with van der Waals surface area (Å²) in [6.45, 7) is 5.35. The SMILES string of the molecule is CCOC(=O)c1ccc(S(=O)(=O)N2CCN(CCOc3ccccc3)CC2)c(Br)c1. The lowest BCUT2D eigenvalue weighted by Crippen LogP contribution is -2.49. The second kappa shape index (κ2) is 10.4. The first-order chi connectivity index (χ1) is 14.4. The number of halogens is 1. The highest BCUT2D eigenvalue weighted by atomic mass is 79.9. The summed E-state index contributed by atoms with van der Waals surface area (Å²) in [5, 5.41) is 0. The van der Waals surface area contributed by atoms with Crippen LogP contribution in [0.5, 0.6) is 5.75 Å². The zero-order chi connectivity index (χ0) is 21.6. The van der Waals surface area contributed by atoms with Crippen LogP contribution in [0.25, 0.3) is 0 Å². The number of piperazine rings is 1. The van der Waals surface area contributed by atoms with Crippen LogP contribution in [0.1, 0.15) is 17.3 Å². The molecule has 9 heteroatoms. The topological polar surface area (TPSA) is 76.2 Å². The van der Waals surface area contributed by atoms with Gasteiger partial charge in [-0.3, -0.25) is 4.90 Å². The fraction of sp³-hybridized carbons (Fsp3) is 0.381. The first-order valence-corrected chi connectivity index (χ1v) is 12.0. The first kappa shape index (κ1) is 22.7. The van der Waals surface area contributed by atoms with Crippen molar-refractivity contribution in [2.24, 2.45) is 0 Å². The van der Waals surface area contributed by atoms with Gasteiger partial charge in [0.1, 0.15) is 12.4 Å². The molecule has 0 atom stereocenters. The van der Waals surface area contributed by atoms with E-state index >= 15 is 0 Å². The molecule has 0 radical (unpaired) electrons. The normalized spacial score (nSPS) is 15.7. The van der Waals surface area contributed by atoms with Crippen LogP contribution < -0.4 is 4.74 Å². The van der Waals surface area contributed by atoms with Crippen LogP contribution in [0.3, 0.4) is 0 Å². The summed E-state index contributed by atoms with van der Waals surface area (Å²) in [7, 11) is -3.66. The van der Waals surface area contributed by atoms with E-state index in [-0.39, 0.29) is 11.5 Å². The van der Waals surface area contributed by atoms with Crippen LogP contribution in [0.4, 0.5) is 0 Å². The predicted molar refractivity (Wildman–Crippen MR) is 117 cm³/mol. The molecule has 0 N–H and O–H groups in total. The van der Waals surface area contributed by atoms with Gasteiger partial charge in [-0.25, -0.2) is 13.2 Å². The highest BCUT2D eigenvalue weighted by molar-refractivity contribution is 9.10. The lowest BCUT2D eigenvalue weighted by atomic mass is 10.2. The van der Waals surface area contributed by atoms with E-state index in [1.807, 2.05) is 30.3 Å². The molecule has 0 aliphatic carbocycles. The van der Waals surface area contributed by atoms with Gasteiger partial charge < -0.3 is 9.47 Å². The number of ether oxygens (including phenoxy) is 2. The maximum atomic E-state index is 13.1. The minimum absolute atomic E-state index is 0.149. The predicted octanol–water partition coefficient (Wildman–Crippen LogP) is 3.01. The Hall–Kier alpha value is -1.94. The molecule has 7 nitrogen and oxygen atoms in total. The highest BCUT2D eigenvalue weighted by Crippen LogP contribution is 2.27. The lowest BCUT2D eigenvalue weighted by molar-refractivity contribution is 0.0526. The van der Waals surface area contributed by atoms with Gasteiger partial charge in [-0.1, -0.05) is 18.2 Å². The minimum atomic E-state index is -3.66. The van der Waals surface area contributed by atoms with Crippen LogP contribution in [0.15, 0.2) is 57.9 Å². The maximum Gasteiger partial charge on any atom is 0.338 e. The molecule has 0 spiro atoms. The Morgan fingerprint density at radius 1 is 1.07 bits per heavy atom. The summed E-state index contributed by atoms with van der Waals surface area (Å²) in [6.07, 6.45) is 0. The number of esters is 1. The smallest absolute Gasteiger partial charge is 0.338 e. The van der Waals surface area contributed by atoms with E-state index in [0.717, 1.165) is 12.3 Å². The lowest BCUT2D eigenvalue weighted by Gasteiger charge is -2.34. The number of para-hydroxylation sites is 1. The molecule has 30 heavy (non-hydrogen) atoms. The Morgan fingerprint density at radius 2 is 1.77 bits per heavy atom. The molecule has 2 aromatic rings. The monoisotopic (exact) mass is 496 g/mol. The van der Waals surface area contributed by atoms with Crippen molar-refractivity contribution in [1.82, 2.24) is 9.21 Å². The highest BCUT2D eigenvalue weighted by Gasteiger charge is 2.30. The second-order valence-electron chi connectivity index (χ2n) is 6.77. The number of rotatable bonds is 8. The second-order valence-corrected chi connectivity index (χ2v) is 9.53. The molecule has 0 unspecified atom stereocenters. The quantitative estimate of drug-likeness (QED) is 0.522. The van der Waals surface area contributed by atoms with Crippen molar-refractivity contribution < 1.29 is 22.7 Å². The van der Waals surface area contributed by atoms with Crippen molar-refractivity contribution >= 4 is 31.9 Å². The van der Waals surface area contributed by atoms with Crippen molar-refractivity contribution in [3.05, 3.63) is 58.6 Å². The van der Waals surface area contributed by atoms with E-state index in [2.05, 4.69) is 20.8 Å². The van der Waals surface area contributed by atoms with Gasteiger partial charge in [0.25, 0.3) is 0 Å². The van der Waals surface area contributed by atoms with Crippen LogP contribution in [0, 0.1) is 0 Å². The summed E-state index contributed by atoms with van der Waals surface area (Å²) in [6, 6.07) is 14.0. The number of carbonyl (C=O) groups is 1. The third kappa shape index (κ3) is 5.60. The fourth-order valence-electron chi connectivity index (χ4n) is 3.19. The Morgan fingerprint density at radius 3 is 2.40 bits per heavy atom. The van der Waals surface area contributed by atoms with Crippen LogP contribution >= 0.6 is 15.9 Å². The molecule has 0 aromatic heterocycles. The van der Waals surface area contributed by atoms with Crippen molar-refractivity contribution in [1.29, 1.82) is 0 Å². The van der Waals surface area contributed by atoms with Crippen LogP contribution in [-0.4, -0.2) is 69.5 Å². The molecular formula is C21H25BrN2O5S.